The monoisotopic (exact) mass is 970 g/mol. The summed E-state index contributed by atoms with van der Waals surface area (Å²) in [4.78, 5) is 112. The second-order valence-corrected chi connectivity index (χ2v) is 17.6. The van der Waals surface area contributed by atoms with Crippen LogP contribution in [0.25, 0.3) is 0 Å². The maximum absolute atomic E-state index is 14.3. The molecule has 8 atom stereocenters. The zero-order valence-corrected chi connectivity index (χ0v) is 40.6. The Morgan fingerprint density at radius 2 is 0.970 bits per heavy atom. The van der Waals surface area contributed by atoms with Crippen molar-refractivity contribution in [2.45, 2.75) is 165 Å². The number of nitrogens with one attached hydrogen (secondary N) is 8. The molecule has 0 bridgehead atoms. The van der Waals surface area contributed by atoms with E-state index in [0.29, 0.717) is 96.8 Å². The molecule has 0 aromatic rings. The minimum atomic E-state index is -1.26. The first-order valence-corrected chi connectivity index (χ1v) is 24.5. The summed E-state index contributed by atoms with van der Waals surface area (Å²) in [5.41, 5.74) is 34.0. The molecule has 0 saturated carbocycles. The van der Waals surface area contributed by atoms with Gasteiger partial charge >= 0.3 is 0 Å². The van der Waals surface area contributed by atoms with E-state index in [4.69, 9.17) is 34.4 Å². The number of rotatable bonds is 37. The number of nitrogens with two attached hydrogens (primary N) is 6. The minimum Gasteiger partial charge on any atom is -0.370 e. The molecule has 20 N–H and O–H groups in total. The Hall–Kier alpha value is -4.62. The SMILES string of the molecule is CC(C)[C@H](NC(=O)[C@H](CCCCN)NC(=O)[C@H](CCCN=C(N)N)NC(=O)[C@H](CCCCN)NC(=O)[C@H](CCCCN)NC(=O)[C@H](CCCCN)NC(=O)[C@@H]1CCCN1)C(=O)N[C@H](C=O)CS. The lowest BCUT2D eigenvalue weighted by Gasteiger charge is -2.28. The van der Waals surface area contributed by atoms with Crippen molar-refractivity contribution in [2.24, 2.45) is 45.3 Å². The average Bonchev–Trinajstić information content (AvgIpc) is 3.85. The molecule has 24 heteroatoms. The van der Waals surface area contributed by atoms with Crippen molar-refractivity contribution in [3.8, 4) is 0 Å². The van der Waals surface area contributed by atoms with Crippen molar-refractivity contribution in [3.63, 3.8) is 0 Å². The number of thiol groups is 1. The van der Waals surface area contributed by atoms with Crippen LogP contribution in [0.4, 0.5) is 0 Å². The summed E-state index contributed by atoms with van der Waals surface area (Å²) in [7, 11) is 0. The third kappa shape index (κ3) is 24.8. The van der Waals surface area contributed by atoms with Gasteiger partial charge in [-0.15, -0.1) is 0 Å². The predicted octanol–water partition coefficient (Wildman–Crippen LogP) is -3.51. The Labute approximate surface area is 401 Å². The fraction of sp³-hybridized carbons (Fsp3) is 0.791. The number of carbonyl (C=O) groups excluding carboxylic acids is 8. The van der Waals surface area contributed by atoms with Crippen LogP contribution in [0.3, 0.4) is 0 Å². The maximum Gasteiger partial charge on any atom is 0.243 e. The molecule has 1 rings (SSSR count). The lowest BCUT2D eigenvalue weighted by Crippen LogP contribution is -2.60. The molecule has 1 aliphatic heterocycles. The van der Waals surface area contributed by atoms with Crippen molar-refractivity contribution in [2.75, 3.05) is 45.0 Å². The lowest BCUT2D eigenvalue weighted by molar-refractivity contribution is -0.136. The molecule has 0 spiro atoms. The van der Waals surface area contributed by atoms with Crippen LogP contribution in [-0.4, -0.2) is 147 Å². The van der Waals surface area contributed by atoms with E-state index in [1.54, 1.807) is 13.8 Å². The molecule has 0 aromatic carbocycles. The summed E-state index contributed by atoms with van der Waals surface area (Å²) in [5, 5.41) is 22.3. The van der Waals surface area contributed by atoms with Gasteiger partial charge in [-0.25, -0.2) is 0 Å². The van der Waals surface area contributed by atoms with Crippen molar-refractivity contribution in [1.29, 1.82) is 0 Å². The summed E-state index contributed by atoms with van der Waals surface area (Å²) in [6, 6.07) is -8.09. The van der Waals surface area contributed by atoms with Crippen LogP contribution in [0.5, 0.6) is 0 Å². The van der Waals surface area contributed by atoms with Crippen LogP contribution in [0.2, 0.25) is 0 Å². The first kappa shape index (κ1) is 60.4. The quantitative estimate of drug-likeness (QED) is 0.00944. The number of nitrogens with zero attached hydrogens (tertiary/aromatic N) is 1. The molecular weight excluding hydrogens is 887 g/mol. The molecule has 1 aliphatic rings. The molecule has 0 unspecified atom stereocenters. The van der Waals surface area contributed by atoms with Gasteiger partial charge in [0, 0.05) is 12.3 Å². The third-order valence-electron chi connectivity index (χ3n) is 11.2. The Kier molecular flexibility index (Phi) is 32.0. The molecule has 1 saturated heterocycles. The van der Waals surface area contributed by atoms with E-state index < -0.39 is 89.7 Å². The van der Waals surface area contributed by atoms with E-state index in [1.807, 2.05) is 0 Å². The molecule has 67 heavy (non-hydrogen) atoms. The molecule has 384 valence electrons. The van der Waals surface area contributed by atoms with Crippen molar-refractivity contribution in [1.82, 2.24) is 42.5 Å². The predicted molar refractivity (Wildman–Crippen MR) is 261 cm³/mol. The number of carbonyl (C=O) groups is 8. The van der Waals surface area contributed by atoms with Gasteiger partial charge in [0.1, 0.15) is 42.5 Å². The van der Waals surface area contributed by atoms with E-state index in [1.165, 1.54) is 0 Å². The van der Waals surface area contributed by atoms with Crippen molar-refractivity contribution in [3.05, 3.63) is 0 Å². The number of aldehydes is 1. The standard InChI is InChI=1S/C43H83N15O8S/c1-27(2)35(42(66)52-28(25-59)26-67)58-41(65)33(16-6-10-22-47)56-40(64)34(18-12-24-51-43(48)49)57-39(63)32(15-5-9-21-46)55-38(62)31(14-4-8-20-45)54-37(61)30(13-3-7-19-44)53-36(60)29-17-11-23-50-29/h25,27-35,50,67H,3-24,26,44-47H2,1-2H3,(H,52,66)(H,53,60)(H,54,61)(H,55,62)(H,56,64)(H,57,63)(H,58,65)(H4,48,49,51)/t28-,29+,30+,31+,32+,33+,34+,35+/m1/s1. The van der Waals surface area contributed by atoms with Gasteiger partial charge < -0.3 is 81.7 Å². The molecule has 0 radical (unpaired) electrons. The lowest BCUT2D eigenvalue weighted by atomic mass is 10.0. The van der Waals surface area contributed by atoms with Crippen LogP contribution >= 0.6 is 12.6 Å². The number of hydrogen-bond donors (Lipinski definition) is 15. The molecular formula is C43H83N15O8S. The van der Waals surface area contributed by atoms with Gasteiger partial charge in [-0.05, 0) is 141 Å². The first-order valence-electron chi connectivity index (χ1n) is 23.8. The Balaban J connectivity index is 3.48. The summed E-state index contributed by atoms with van der Waals surface area (Å²) < 4.78 is 0. The second kappa shape index (κ2) is 35.5. The third-order valence-corrected chi connectivity index (χ3v) is 11.6. The number of guanidine groups is 1. The molecule has 7 amide bonds. The topological polar surface area (TPSA) is 401 Å². The average molecular weight is 970 g/mol. The van der Waals surface area contributed by atoms with Crippen LogP contribution in [0, 0.1) is 5.92 Å². The van der Waals surface area contributed by atoms with E-state index >= 15 is 0 Å². The number of aliphatic imine (C=N–C) groups is 1. The normalized spacial score (nSPS) is 16.5. The number of unbranched alkanes of at least 4 members (excludes halogenated alkanes) is 4. The molecule has 0 aliphatic carbocycles. The van der Waals surface area contributed by atoms with E-state index in [0.717, 1.165) is 6.42 Å². The van der Waals surface area contributed by atoms with Gasteiger partial charge in [-0.3, -0.25) is 38.6 Å². The van der Waals surface area contributed by atoms with Gasteiger partial charge in [0.25, 0.3) is 0 Å². The fourth-order valence-corrected chi connectivity index (χ4v) is 7.45. The molecule has 1 heterocycles. The van der Waals surface area contributed by atoms with E-state index in [-0.39, 0.29) is 62.7 Å². The zero-order valence-electron chi connectivity index (χ0n) is 39.7. The van der Waals surface area contributed by atoms with Crippen molar-refractivity contribution >= 4 is 66.2 Å². The molecule has 1 fully saturated rings. The minimum absolute atomic E-state index is 0.00814. The Morgan fingerprint density at radius 1 is 0.582 bits per heavy atom. The summed E-state index contributed by atoms with van der Waals surface area (Å²) in [6.07, 6.45) is 7.00. The van der Waals surface area contributed by atoms with Gasteiger partial charge in [-0.1, -0.05) is 13.8 Å². The highest BCUT2D eigenvalue weighted by Gasteiger charge is 2.34. The van der Waals surface area contributed by atoms with E-state index in [9.17, 15) is 38.4 Å². The summed E-state index contributed by atoms with van der Waals surface area (Å²) in [6.45, 7) is 5.57. The van der Waals surface area contributed by atoms with Crippen molar-refractivity contribution < 1.29 is 38.4 Å². The zero-order chi connectivity index (χ0) is 50.1. The second-order valence-electron chi connectivity index (χ2n) is 17.2. The summed E-state index contributed by atoms with van der Waals surface area (Å²) in [5.74, 6) is -4.82. The van der Waals surface area contributed by atoms with Gasteiger partial charge in [-0.2, -0.15) is 12.6 Å². The highest BCUT2D eigenvalue weighted by molar-refractivity contribution is 7.80. The maximum atomic E-state index is 14.3. The first-order chi connectivity index (χ1) is 32.1. The molecule has 23 nitrogen and oxygen atoms in total. The van der Waals surface area contributed by atoms with Crippen LogP contribution in [-0.2, 0) is 38.4 Å². The Morgan fingerprint density at radius 3 is 1.30 bits per heavy atom. The fourth-order valence-electron chi connectivity index (χ4n) is 7.27. The largest absolute Gasteiger partial charge is 0.370 e. The van der Waals surface area contributed by atoms with Crippen LogP contribution in [0.15, 0.2) is 4.99 Å². The van der Waals surface area contributed by atoms with Crippen LogP contribution in [0.1, 0.15) is 117 Å². The van der Waals surface area contributed by atoms with Gasteiger partial charge in [0.2, 0.25) is 41.4 Å². The number of amides is 7. The molecule has 0 aromatic heterocycles. The van der Waals surface area contributed by atoms with Crippen LogP contribution < -0.4 is 76.9 Å². The van der Waals surface area contributed by atoms with Gasteiger partial charge in [0.15, 0.2) is 5.96 Å². The van der Waals surface area contributed by atoms with E-state index in [2.05, 4.69) is 60.2 Å². The highest BCUT2D eigenvalue weighted by Crippen LogP contribution is 2.12. The smallest absolute Gasteiger partial charge is 0.243 e. The highest BCUT2D eigenvalue weighted by atomic mass is 32.1. The summed E-state index contributed by atoms with van der Waals surface area (Å²) >= 11 is 4.09. The van der Waals surface area contributed by atoms with Gasteiger partial charge in [0.05, 0.1) is 12.1 Å². The Bertz CT molecular complexity index is 1550. The number of hydrogen-bond acceptors (Lipinski definition) is 15.